The van der Waals surface area contributed by atoms with Crippen LogP contribution in [0.2, 0.25) is 5.02 Å². The molecule has 158 valence electrons. The number of benzene rings is 2. The van der Waals surface area contributed by atoms with Crippen LogP contribution in [0.25, 0.3) is 0 Å². The maximum atomic E-state index is 12.9. The van der Waals surface area contributed by atoms with Crippen LogP contribution in [0.4, 0.5) is 0 Å². The molecule has 0 saturated heterocycles. The Hall–Kier alpha value is -2.79. The van der Waals surface area contributed by atoms with Crippen molar-refractivity contribution in [2.24, 2.45) is 5.92 Å². The minimum absolute atomic E-state index is 0.110. The van der Waals surface area contributed by atoms with Gasteiger partial charge in [0.2, 0.25) is 0 Å². The van der Waals surface area contributed by atoms with E-state index in [-0.39, 0.29) is 11.9 Å². The average Bonchev–Trinajstić information content (AvgIpc) is 3.22. The van der Waals surface area contributed by atoms with E-state index in [1.165, 1.54) is 0 Å². The third-order valence-electron chi connectivity index (χ3n) is 5.47. The number of halogens is 1. The monoisotopic (exact) mass is 425 g/mol. The number of carbonyl (C=O) groups excluding carboxylic acids is 1. The number of amides is 1. The molecule has 1 N–H and O–H groups in total. The van der Waals surface area contributed by atoms with Gasteiger partial charge in [0, 0.05) is 16.8 Å². The summed E-state index contributed by atoms with van der Waals surface area (Å²) in [5.74, 6) is 1.01. The van der Waals surface area contributed by atoms with Crippen molar-refractivity contribution in [2.45, 2.75) is 39.3 Å². The lowest BCUT2D eigenvalue weighted by Gasteiger charge is -2.27. The number of aromatic nitrogens is 2. The van der Waals surface area contributed by atoms with E-state index in [2.05, 4.69) is 24.3 Å². The zero-order valence-corrected chi connectivity index (χ0v) is 18.4. The molecular weight excluding hydrogens is 398 g/mol. The molecule has 3 aromatic rings. The van der Waals surface area contributed by atoms with Gasteiger partial charge in [0.05, 0.1) is 25.4 Å². The lowest BCUT2D eigenvalue weighted by Crippen LogP contribution is -2.35. The van der Waals surface area contributed by atoms with E-state index in [0.717, 1.165) is 29.8 Å². The zero-order valence-electron chi connectivity index (χ0n) is 17.6. The Kier molecular flexibility index (Phi) is 7.52. The van der Waals surface area contributed by atoms with Gasteiger partial charge in [-0.25, -0.2) is 0 Å². The Morgan fingerprint density at radius 3 is 2.33 bits per heavy atom. The van der Waals surface area contributed by atoms with Gasteiger partial charge >= 0.3 is 0 Å². The number of hydrogen-bond donors (Lipinski definition) is 1. The highest BCUT2D eigenvalue weighted by atomic mass is 35.5. The van der Waals surface area contributed by atoms with Gasteiger partial charge in [-0.05, 0) is 53.9 Å². The average molecular weight is 426 g/mol. The van der Waals surface area contributed by atoms with E-state index in [1.54, 1.807) is 37.6 Å². The second-order valence-corrected chi connectivity index (χ2v) is 7.73. The van der Waals surface area contributed by atoms with Gasteiger partial charge in [-0.15, -0.1) is 0 Å². The number of methoxy groups -OCH3 is 1. The van der Waals surface area contributed by atoms with Crippen LogP contribution in [0.15, 0.2) is 60.8 Å². The molecule has 0 saturated carbocycles. The molecule has 0 aliphatic carbocycles. The van der Waals surface area contributed by atoms with Crippen molar-refractivity contribution in [2.75, 3.05) is 7.11 Å². The van der Waals surface area contributed by atoms with Crippen molar-refractivity contribution in [1.82, 2.24) is 15.1 Å². The predicted molar refractivity (Wildman–Crippen MR) is 120 cm³/mol. The van der Waals surface area contributed by atoms with Gasteiger partial charge in [0.15, 0.2) is 0 Å². The van der Waals surface area contributed by atoms with E-state index in [1.807, 2.05) is 35.0 Å². The molecule has 0 spiro atoms. The fourth-order valence-electron chi connectivity index (χ4n) is 3.66. The lowest BCUT2D eigenvalue weighted by molar-refractivity contribution is 0.0916. The molecule has 0 aliphatic heterocycles. The van der Waals surface area contributed by atoms with Crippen molar-refractivity contribution >= 4 is 17.5 Å². The first-order chi connectivity index (χ1) is 14.5. The van der Waals surface area contributed by atoms with Crippen molar-refractivity contribution in [1.29, 1.82) is 0 Å². The first kappa shape index (κ1) is 21.9. The van der Waals surface area contributed by atoms with Crippen LogP contribution in [-0.2, 0) is 6.54 Å². The van der Waals surface area contributed by atoms with Crippen LogP contribution >= 0.6 is 11.6 Å². The third-order valence-corrected chi connectivity index (χ3v) is 5.72. The summed E-state index contributed by atoms with van der Waals surface area (Å²) in [5, 5.41) is 8.38. The summed E-state index contributed by atoms with van der Waals surface area (Å²) >= 11 is 5.96. The smallest absolute Gasteiger partial charge is 0.251 e. The molecule has 2 aromatic carbocycles. The van der Waals surface area contributed by atoms with E-state index in [9.17, 15) is 4.79 Å². The molecule has 1 unspecified atom stereocenters. The van der Waals surface area contributed by atoms with Crippen molar-refractivity contribution in [3.63, 3.8) is 0 Å². The fraction of sp³-hybridized carbons (Fsp3) is 0.333. The molecule has 1 amide bonds. The van der Waals surface area contributed by atoms with Crippen LogP contribution in [0, 0.1) is 5.92 Å². The molecule has 1 atom stereocenters. The Balaban J connectivity index is 1.86. The lowest BCUT2D eigenvalue weighted by atomic mass is 9.91. The molecule has 3 rings (SSSR count). The maximum Gasteiger partial charge on any atom is 0.251 e. The molecule has 30 heavy (non-hydrogen) atoms. The zero-order chi connectivity index (χ0) is 21.5. The number of ether oxygens (including phenoxy) is 1. The summed E-state index contributed by atoms with van der Waals surface area (Å²) in [5.41, 5.74) is 2.71. The summed E-state index contributed by atoms with van der Waals surface area (Å²) in [7, 11) is 1.66. The van der Waals surface area contributed by atoms with E-state index in [0.29, 0.717) is 23.0 Å². The largest absolute Gasteiger partial charge is 0.497 e. The van der Waals surface area contributed by atoms with Crippen LogP contribution < -0.4 is 10.1 Å². The normalized spacial score (nSPS) is 12.0. The second-order valence-electron chi connectivity index (χ2n) is 7.30. The van der Waals surface area contributed by atoms with Gasteiger partial charge in [-0.1, -0.05) is 50.4 Å². The van der Waals surface area contributed by atoms with Crippen LogP contribution in [0.1, 0.15) is 54.3 Å². The quantitative estimate of drug-likeness (QED) is 0.492. The summed E-state index contributed by atoms with van der Waals surface area (Å²) in [6, 6.07) is 16.8. The summed E-state index contributed by atoms with van der Waals surface area (Å²) in [6.45, 7) is 4.93. The predicted octanol–water partition coefficient (Wildman–Crippen LogP) is 5.50. The van der Waals surface area contributed by atoms with Crippen LogP contribution in [-0.4, -0.2) is 22.8 Å². The molecule has 6 heteroatoms. The van der Waals surface area contributed by atoms with E-state index in [4.69, 9.17) is 16.3 Å². The molecular formula is C24H28ClN3O2. The number of hydrogen-bond acceptors (Lipinski definition) is 3. The van der Waals surface area contributed by atoms with Crippen molar-refractivity contribution < 1.29 is 9.53 Å². The molecule has 5 nitrogen and oxygen atoms in total. The first-order valence-electron chi connectivity index (χ1n) is 10.3. The number of nitrogens with one attached hydrogen (secondary N) is 1. The van der Waals surface area contributed by atoms with Gasteiger partial charge in [-0.3, -0.25) is 9.48 Å². The molecule has 1 heterocycles. The molecule has 0 fully saturated rings. The summed E-state index contributed by atoms with van der Waals surface area (Å²) in [6.07, 6.45) is 3.70. The van der Waals surface area contributed by atoms with Crippen LogP contribution in [0.3, 0.4) is 0 Å². The van der Waals surface area contributed by atoms with Crippen LogP contribution in [0.5, 0.6) is 5.75 Å². The minimum atomic E-state index is -0.135. The summed E-state index contributed by atoms with van der Waals surface area (Å²) in [4.78, 5) is 12.9. The van der Waals surface area contributed by atoms with Crippen molar-refractivity contribution in [3.05, 3.63) is 82.6 Å². The molecule has 0 radical (unpaired) electrons. The highest BCUT2D eigenvalue weighted by molar-refractivity contribution is 6.30. The number of rotatable bonds is 9. The van der Waals surface area contributed by atoms with E-state index >= 15 is 0 Å². The van der Waals surface area contributed by atoms with Gasteiger partial charge in [0.25, 0.3) is 5.91 Å². The topological polar surface area (TPSA) is 56.2 Å². The molecule has 0 aliphatic rings. The Morgan fingerprint density at radius 1 is 1.07 bits per heavy atom. The minimum Gasteiger partial charge on any atom is -0.497 e. The second kappa shape index (κ2) is 10.3. The Bertz CT molecular complexity index is 947. The Morgan fingerprint density at radius 2 is 1.73 bits per heavy atom. The SMILES string of the molecule is CCC(CC)C(NC(=O)c1ccc(Cl)cc1)c1ccnn1Cc1ccc(OC)cc1. The summed E-state index contributed by atoms with van der Waals surface area (Å²) < 4.78 is 7.21. The van der Waals surface area contributed by atoms with Gasteiger partial charge in [-0.2, -0.15) is 5.10 Å². The van der Waals surface area contributed by atoms with Gasteiger partial charge in [0.1, 0.15) is 5.75 Å². The van der Waals surface area contributed by atoms with Gasteiger partial charge < -0.3 is 10.1 Å². The molecule has 1 aromatic heterocycles. The van der Waals surface area contributed by atoms with Crippen molar-refractivity contribution in [3.8, 4) is 5.75 Å². The first-order valence-corrected chi connectivity index (χ1v) is 10.6. The highest BCUT2D eigenvalue weighted by Crippen LogP contribution is 2.28. The number of carbonyl (C=O) groups is 1. The standard InChI is InChI=1S/C24H28ClN3O2/c1-4-18(5-2)23(27-24(29)19-8-10-20(25)11-9-19)22-14-15-26-28(22)16-17-6-12-21(30-3)13-7-17/h6-15,18,23H,4-5,16H2,1-3H3,(H,27,29). The molecule has 0 bridgehead atoms. The van der Waals surface area contributed by atoms with E-state index < -0.39 is 0 Å². The Labute approximate surface area is 183 Å². The highest BCUT2D eigenvalue weighted by Gasteiger charge is 2.26. The number of nitrogens with zero attached hydrogens (tertiary/aromatic N) is 2. The maximum absolute atomic E-state index is 12.9. The third kappa shape index (κ3) is 5.22. The fourth-order valence-corrected chi connectivity index (χ4v) is 3.79.